The largest absolute Gasteiger partial charge is 0.341 e. The predicted octanol–water partition coefficient (Wildman–Crippen LogP) is 1.27. The third kappa shape index (κ3) is 2.95. The summed E-state index contributed by atoms with van der Waals surface area (Å²) in [5.74, 6) is -0.102. The van der Waals surface area contributed by atoms with Gasteiger partial charge in [0.1, 0.15) is 5.54 Å². The lowest BCUT2D eigenvalue weighted by Crippen LogP contribution is -2.64. The minimum absolute atomic E-state index is 0.0133. The second-order valence-corrected chi connectivity index (χ2v) is 5.58. The fourth-order valence-corrected chi connectivity index (χ4v) is 2.41. The molecular formula is C15H20N2O2. The number of nitrogens with one attached hydrogen (secondary N) is 1. The molecule has 0 aliphatic carbocycles. The number of carbonyl (C=O) groups excluding carboxylic acids is 2. The van der Waals surface area contributed by atoms with E-state index < -0.39 is 5.54 Å². The van der Waals surface area contributed by atoms with E-state index in [-0.39, 0.29) is 18.4 Å². The summed E-state index contributed by atoms with van der Waals surface area (Å²) in [5.41, 5.74) is 1.65. The van der Waals surface area contributed by atoms with Gasteiger partial charge in [-0.1, -0.05) is 24.3 Å². The molecule has 2 rings (SSSR count). The third-order valence-corrected chi connectivity index (χ3v) is 3.52. The molecule has 102 valence electrons. The van der Waals surface area contributed by atoms with Crippen LogP contribution in [0.4, 0.5) is 0 Å². The van der Waals surface area contributed by atoms with Crippen molar-refractivity contribution in [3.05, 3.63) is 35.4 Å². The van der Waals surface area contributed by atoms with Crippen molar-refractivity contribution >= 4 is 11.8 Å². The molecule has 1 aromatic rings. The van der Waals surface area contributed by atoms with E-state index in [1.807, 2.05) is 12.1 Å². The van der Waals surface area contributed by atoms with Gasteiger partial charge >= 0.3 is 0 Å². The van der Waals surface area contributed by atoms with Crippen molar-refractivity contribution in [3.63, 3.8) is 0 Å². The Kier molecular flexibility index (Phi) is 3.60. The van der Waals surface area contributed by atoms with E-state index in [1.54, 1.807) is 18.7 Å². The van der Waals surface area contributed by atoms with Gasteiger partial charge < -0.3 is 10.2 Å². The first-order valence-corrected chi connectivity index (χ1v) is 6.55. The van der Waals surface area contributed by atoms with Gasteiger partial charge in [-0.2, -0.15) is 0 Å². The summed E-state index contributed by atoms with van der Waals surface area (Å²) >= 11 is 0. The van der Waals surface area contributed by atoms with Crippen LogP contribution in [0.3, 0.4) is 0 Å². The van der Waals surface area contributed by atoms with Gasteiger partial charge in [0.25, 0.3) is 0 Å². The molecule has 2 amide bonds. The molecule has 1 aliphatic heterocycles. The molecule has 1 aliphatic rings. The molecule has 0 bridgehead atoms. The Bertz CT molecular complexity index is 509. The Balaban J connectivity index is 2.05. The van der Waals surface area contributed by atoms with Crippen LogP contribution in [-0.2, 0) is 16.0 Å². The Morgan fingerprint density at radius 1 is 1.26 bits per heavy atom. The highest BCUT2D eigenvalue weighted by Crippen LogP contribution is 2.15. The van der Waals surface area contributed by atoms with Gasteiger partial charge in [0.2, 0.25) is 11.8 Å². The summed E-state index contributed by atoms with van der Waals surface area (Å²) in [7, 11) is 0. The van der Waals surface area contributed by atoms with E-state index in [9.17, 15) is 9.59 Å². The number of carbonyl (C=O) groups is 2. The number of benzene rings is 1. The first kappa shape index (κ1) is 13.6. The molecule has 1 saturated heterocycles. The average molecular weight is 260 g/mol. The van der Waals surface area contributed by atoms with Crippen LogP contribution in [0.25, 0.3) is 0 Å². The lowest BCUT2D eigenvalue weighted by Gasteiger charge is -2.37. The molecule has 4 nitrogen and oxygen atoms in total. The van der Waals surface area contributed by atoms with E-state index in [1.165, 1.54) is 11.1 Å². The van der Waals surface area contributed by atoms with Crippen molar-refractivity contribution in [2.45, 2.75) is 32.7 Å². The lowest BCUT2D eigenvalue weighted by atomic mass is 9.99. The van der Waals surface area contributed by atoms with Gasteiger partial charge in [-0.3, -0.25) is 9.59 Å². The van der Waals surface area contributed by atoms with Crippen LogP contribution in [-0.4, -0.2) is 35.3 Å². The SMILES string of the molecule is Cc1ccccc1CCN1CC(=O)NC(C)(C)C1=O. The minimum Gasteiger partial charge on any atom is -0.341 e. The number of aryl methyl sites for hydroxylation is 1. The Morgan fingerprint density at radius 3 is 2.63 bits per heavy atom. The second kappa shape index (κ2) is 5.03. The second-order valence-electron chi connectivity index (χ2n) is 5.58. The molecular weight excluding hydrogens is 240 g/mol. The van der Waals surface area contributed by atoms with Crippen LogP contribution in [0.1, 0.15) is 25.0 Å². The molecule has 0 unspecified atom stereocenters. The van der Waals surface area contributed by atoms with Crippen LogP contribution in [0.15, 0.2) is 24.3 Å². The van der Waals surface area contributed by atoms with Gasteiger partial charge in [-0.05, 0) is 38.3 Å². The standard InChI is InChI=1S/C15H20N2O2/c1-11-6-4-5-7-12(11)8-9-17-10-13(18)16-15(2,3)14(17)19/h4-7H,8-10H2,1-3H3,(H,16,18). The highest BCUT2D eigenvalue weighted by atomic mass is 16.2. The van der Waals surface area contributed by atoms with Crippen LogP contribution < -0.4 is 5.32 Å². The molecule has 1 heterocycles. The molecule has 0 atom stereocenters. The Hall–Kier alpha value is -1.84. The van der Waals surface area contributed by atoms with Crippen molar-refractivity contribution in [1.82, 2.24) is 10.2 Å². The van der Waals surface area contributed by atoms with Crippen molar-refractivity contribution in [1.29, 1.82) is 0 Å². The normalized spacial score (nSPS) is 18.4. The lowest BCUT2D eigenvalue weighted by molar-refractivity contribution is -0.148. The van der Waals surface area contributed by atoms with Crippen molar-refractivity contribution in [2.75, 3.05) is 13.1 Å². The summed E-state index contributed by atoms with van der Waals surface area (Å²) in [6.07, 6.45) is 0.780. The predicted molar refractivity (Wildman–Crippen MR) is 73.7 cm³/mol. The first-order valence-electron chi connectivity index (χ1n) is 6.55. The highest BCUT2D eigenvalue weighted by Gasteiger charge is 2.38. The third-order valence-electron chi connectivity index (χ3n) is 3.52. The zero-order valence-corrected chi connectivity index (χ0v) is 11.7. The number of amides is 2. The summed E-state index contributed by atoms with van der Waals surface area (Å²) in [6, 6.07) is 8.12. The first-order chi connectivity index (χ1) is 8.90. The number of hydrogen-bond donors (Lipinski definition) is 1. The zero-order valence-electron chi connectivity index (χ0n) is 11.7. The Morgan fingerprint density at radius 2 is 1.95 bits per heavy atom. The smallest absolute Gasteiger partial charge is 0.248 e. The average Bonchev–Trinajstić information content (AvgIpc) is 2.33. The maximum absolute atomic E-state index is 12.2. The van der Waals surface area contributed by atoms with Crippen LogP contribution >= 0.6 is 0 Å². The topological polar surface area (TPSA) is 49.4 Å². The molecule has 19 heavy (non-hydrogen) atoms. The Labute approximate surface area is 113 Å². The van der Waals surface area contributed by atoms with Gasteiger partial charge in [-0.25, -0.2) is 0 Å². The quantitative estimate of drug-likeness (QED) is 0.890. The molecule has 1 aromatic carbocycles. The van der Waals surface area contributed by atoms with Crippen LogP contribution in [0, 0.1) is 6.92 Å². The summed E-state index contributed by atoms with van der Waals surface area (Å²) < 4.78 is 0. The van der Waals surface area contributed by atoms with E-state index in [4.69, 9.17) is 0 Å². The van der Waals surface area contributed by atoms with Crippen LogP contribution in [0.5, 0.6) is 0 Å². The molecule has 0 spiro atoms. The molecule has 0 radical (unpaired) electrons. The van der Waals surface area contributed by atoms with Gasteiger partial charge in [-0.15, -0.1) is 0 Å². The summed E-state index contributed by atoms with van der Waals surface area (Å²) in [4.78, 5) is 25.5. The van der Waals surface area contributed by atoms with Crippen molar-refractivity contribution in [3.8, 4) is 0 Å². The maximum atomic E-state index is 12.2. The molecule has 4 heteroatoms. The monoisotopic (exact) mass is 260 g/mol. The molecule has 0 aromatic heterocycles. The van der Waals surface area contributed by atoms with E-state index in [2.05, 4.69) is 24.4 Å². The molecule has 1 fully saturated rings. The summed E-state index contributed by atoms with van der Waals surface area (Å²) in [6.45, 7) is 6.29. The minimum atomic E-state index is -0.791. The summed E-state index contributed by atoms with van der Waals surface area (Å²) in [5, 5.41) is 2.71. The maximum Gasteiger partial charge on any atom is 0.248 e. The fraction of sp³-hybridized carbons (Fsp3) is 0.467. The number of rotatable bonds is 3. The van der Waals surface area contributed by atoms with Crippen LogP contribution in [0.2, 0.25) is 0 Å². The number of nitrogens with zero attached hydrogens (tertiary/aromatic N) is 1. The number of hydrogen-bond acceptors (Lipinski definition) is 2. The van der Waals surface area contributed by atoms with E-state index in [0.717, 1.165) is 6.42 Å². The van der Waals surface area contributed by atoms with Gasteiger partial charge in [0.15, 0.2) is 0 Å². The fourth-order valence-electron chi connectivity index (χ4n) is 2.41. The molecule has 1 N–H and O–H groups in total. The van der Waals surface area contributed by atoms with Crippen molar-refractivity contribution in [2.24, 2.45) is 0 Å². The van der Waals surface area contributed by atoms with E-state index in [0.29, 0.717) is 6.54 Å². The van der Waals surface area contributed by atoms with E-state index >= 15 is 0 Å². The molecule has 0 saturated carbocycles. The van der Waals surface area contributed by atoms with Gasteiger partial charge in [0.05, 0.1) is 6.54 Å². The highest BCUT2D eigenvalue weighted by molar-refractivity contribution is 5.97. The number of piperazine rings is 1. The van der Waals surface area contributed by atoms with Gasteiger partial charge in [0, 0.05) is 6.54 Å². The zero-order chi connectivity index (χ0) is 14.0. The van der Waals surface area contributed by atoms with Crippen molar-refractivity contribution < 1.29 is 9.59 Å².